The number of benzene rings is 1. The van der Waals surface area contributed by atoms with Crippen molar-refractivity contribution in [2.75, 3.05) is 5.32 Å². The molecule has 8 heteroatoms. The zero-order valence-corrected chi connectivity index (χ0v) is 13.9. The van der Waals surface area contributed by atoms with Gasteiger partial charge >= 0.3 is 0 Å². The minimum absolute atomic E-state index is 0.142. The van der Waals surface area contributed by atoms with Crippen molar-refractivity contribution < 1.29 is 4.79 Å². The first-order valence-corrected chi connectivity index (χ1v) is 7.69. The van der Waals surface area contributed by atoms with E-state index in [0.717, 1.165) is 0 Å². The number of imidazole rings is 1. The normalized spacial score (nSPS) is 11.2. The molecular weight excluding hydrogens is 337 g/mol. The molecule has 0 aliphatic heterocycles. The van der Waals surface area contributed by atoms with Crippen molar-refractivity contribution in [3.05, 3.63) is 34.6 Å². The molecule has 23 heavy (non-hydrogen) atoms. The number of rotatable bonds is 3. The number of fused-ring (bicyclic) bond motifs is 1. The average Bonchev–Trinajstić information content (AvgIpc) is 2.91. The number of anilines is 1. The summed E-state index contributed by atoms with van der Waals surface area (Å²) in [5.74, 6) is 0.532. The number of carbonyl (C=O) groups excluding carboxylic acids is 1. The highest BCUT2D eigenvalue weighted by Crippen LogP contribution is 2.34. The van der Waals surface area contributed by atoms with Gasteiger partial charge in [-0.15, -0.1) is 0 Å². The summed E-state index contributed by atoms with van der Waals surface area (Å²) < 4.78 is 0. The second-order valence-corrected chi connectivity index (χ2v) is 6.06. The smallest absolute Gasteiger partial charge is 0.228 e. The number of nitrogens with zero attached hydrogens (tertiary/aromatic N) is 3. The van der Waals surface area contributed by atoms with Gasteiger partial charge in [-0.3, -0.25) is 4.79 Å². The summed E-state index contributed by atoms with van der Waals surface area (Å²) in [7, 11) is 0. The zero-order valence-electron chi connectivity index (χ0n) is 12.4. The highest BCUT2D eigenvalue weighted by Gasteiger charge is 2.17. The van der Waals surface area contributed by atoms with E-state index in [1.807, 2.05) is 0 Å². The van der Waals surface area contributed by atoms with Crippen molar-refractivity contribution in [3.8, 4) is 11.4 Å². The van der Waals surface area contributed by atoms with Gasteiger partial charge in [-0.25, -0.2) is 15.0 Å². The van der Waals surface area contributed by atoms with Gasteiger partial charge in [0.25, 0.3) is 0 Å². The highest BCUT2D eigenvalue weighted by atomic mass is 35.5. The first-order valence-electron chi connectivity index (χ1n) is 6.93. The van der Waals surface area contributed by atoms with Gasteiger partial charge < -0.3 is 10.3 Å². The van der Waals surface area contributed by atoms with Crippen LogP contribution in [0.15, 0.2) is 24.5 Å². The van der Waals surface area contributed by atoms with Gasteiger partial charge in [-0.1, -0.05) is 43.1 Å². The molecule has 2 N–H and O–H groups in total. The van der Waals surface area contributed by atoms with Crippen molar-refractivity contribution >= 4 is 46.1 Å². The van der Waals surface area contributed by atoms with Gasteiger partial charge in [0.1, 0.15) is 17.7 Å². The van der Waals surface area contributed by atoms with Crippen LogP contribution in [0.2, 0.25) is 10.0 Å². The summed E-state index contributed by atoms with van der Waals surface area (Å²) >= 11 is 12.4. The Morgan fingerprint density at radius 1 is 1.22 bits per heavy atom. The van der Waals surface area contributed by atoms with E-state index in [1.165, 1.54) is 6.33 Å². The molecule has 6 nitrogen and oxygen atoms in total. The molecule has 2 heterocycles. The number of hydrogen-bond donors (Lipinski definition) is 2. The Hall–Kier alpha value is -2.18. The number of hydrogen-bond acceptors (Lipinski definition) is 4. The lowest BCUT2D eigenvalue weighted by molar-refractivity contribution is -0.118. The molecule has 0 bridgehead atoms. The molecule has 1 aromatic carbocycles. The Balaban J connectivity index is 2.11. The fourth-order valence-corrected chi connectivity index (χ4v) is 2.60. The van der Waals surface area contributed by atoms with E-state index in [-0.39, 0.29) is 11.8 Å². The maximum absolute atomic E-state index is 11.9. The van der Waals surface area contributed by atoms with Gasteiger partial charge in [0.15, 0.2) is 11.5 Å². The van der Waals surface area contributed by atoms with E-state index >= 15 is 0 Å². The van der Waals surface area contributed by atoms with Crippen molar-refractivity contribution in [3.63, 3.8) is 0 Å². The topological polar surface area (TPSA) is 83.6 Å². The largest absolute Gasteiger partial charge is 0.333 e. The average molecular weight is 350 g/mol. The molecule has 0 saturated carbocycles. The third kappa shape index (κ3) is 3.00. The molecule has 2 aromatic heterocycles. The van der Waals surface area contributed by atoms with Crippen LogP contribution in [0, 0.1) is 5.92 Å². The summed E-state index contributed by atoms with van der Waals surface area (Å²) in [6.45, 7) is 3.60. The van der Waals surface area contributed by atoms with Crippen LogP contribution in [0.25, 0.3) is 22.6 Å². The molecule has 0 saturated heterocycles. The molecule has 118 valence electrons. The van der Waals surface area contributed by atoms with Gasteiger partial charge in [0.05, 0.1) is 15.6 Å². The fourth-order valence-electron chi connectivity index (χ4n) is 2.03. The van der Waals surface area contributed by atoms with Crippen LogP contribution in [0.5, 0.6) is 0 Å². The summed E-state index contributed by atoms with van der Waals surface area (Å²) in [4.78, 5) is 27.6. The Kier molecular flexibility index (Phi) is 4.19. The number of amides is 1. The van der Waals surface area contributed by atoms with Crippen LogP contribution < -0.4 is 5.32 Å². The van der Waals surface area contributed by atoms with Crippen LogP contribution in [-0.4, -0.2) is 25.8 Å². The van der Waals surface area contributed by atoms with Crippen molar-refractivity contribution in [2.24, 2.45) is 5.92 Å². The Morgan fingerprint density at radius 2 is 1.91 bits per heavy atom. The first-order chi connectivity index (χ1) is 11.0. The summed E-state index contributed by atoms with van der Waals surface area (Å²) in [5, 5.41) is 3.69. The molecule has 0 fully saturated rings. The minimum atomic E-state index is -0.166. The van der Waals surface area contributed by atoms with Crippen molar-refractivity contribution in [1.82, 2.24) is 19.9 Å². The molecule has 3 rings (SSSR count). The maximum Gasteiger partial charge on any atom is 0.228 e. The summed E-state index contributed by atoms with van der Waals surface area (Å²) in [6.07, 6.45) is 1.34. The van der Waals surface area contributed by atoms with Crippen LogP contribution in [0.1, 0.15) is 13.8 Å². The predicted molar refractivity (Wildman–Crippen MR) is 90.6 cm³/mol. The monoisotopic (exact) mass is 349 g/mol. The van der Waals surface area contributed by atoms with Gasteiger partial charge in [-0.05, 0) is 12.1 Å². The molecule has 0 aliphatic carbocycles. The second-order valence-electron chi connectivity index (χ2n) is 5.25. The Bertz CT molecular complexity index is 870. The molecule has 1 amide bonds. The van der Waals surface area contributed by atoms with Crippen LogP contribution in [-0.2, 0) is 4.79 Å². The molecule has 3 aromatic rings. The number of aromatic amines is 1. The number of halogens is 2. The molecule has 0 aliphatic rings. The van der Waals surface area contributed by atoms with Crippen molar-refractivity contribution in [1.29, 1.82) is 0 Å². The maximum atomic E-state index is 11.9. The number of aromatic nitrogens is 4. The van der Waals surface area contributed by atoms with Crippen LogP contribution in [0.4, 0.5) is 5.82 Å². The van der Waals surface area contributed by atoms with E-state index in [0.29, 0.717) is 38.4 Å². The molecule has 0 atom stereocenters. The summed E-state index contributed by atoms with van der Waals surface area (Å²) in [6, 6.07) is 5.21. The van der Waals surface area contributed by atoms with Gasteiger partial charge in [0.2, 0.25) is 5.91 Å². The second kappa shape index (κ2) is 6.14. The Morgan fingerprint density at radius 3 is 2.57 bits per heavy atom. The number of H-pyrrole nitrogens is 1. The predicted octanol–water partition coefficient (Wildman–Crippen LogP) is 3.92. The Labute approximate surface area is 142 Å². The standard InChI is InChI=1S/C15H13Cl2N5O/c1-7(2)15(23)22-14-11-13(18-6-19-14)21-12(20-11)10-8(16)4-3-5-9(10)17/h3-7H,1-2H3,(H2,18,19,20,21,22,23). The third-order valence-corrected chi connectivity index (χ3v) is 3.88. The van der Waals surface area contributed by atoms with Crippen LogP contribution in [0.3, 0.4) is 0 Å². The van der Waals surface area contributed by atoms with Crippen molar-refractivity contribution in [2.45, 2.75) is 13.8 Å². The quantitative estimate of drug-likeness (QED) is 0.750. The molecule has 0 radical (unpaired) electrons. The van der Waals surface area contributed by atoms with E-state index in [9.17, 15) is 4.79 Å². The van der Waals surface area contributed by atoms with Gasteiger partial charge in [-0.2, -0.15) is 0 Å². The third-order valence-electron chi connectivity index (χ3n) is 3.25. The number of carbonyl (C=O) groups is 1. The highest BCUT2D eigenvalue weighted by molar-refractivity contribution is 6.39. The lowest BCUT2D eigenvalue weighted by Crippen LogP contribution is -2.18. The van der Waals surface area contributed by atoms with E-state index in [1.54, 1.807) is 32.0 Å². The zero-order chi connectivity index (χ0) is 16.6. The number of nitrogens with one attached hydrogen (secondary N) is 2. The molecule has 0 spiro atoms. The lowest BCUT2D eigenvalue weighted by Gasteiger charge is -2.06. The molecule has 0 unspecified atom stereocenters. The van der Waals surface area contributed by atoms with E-state index in [4.69, 9.17) is 23.2 Å². The van der Waals surface area contributed by atoms with E-state index in [2.05, 4.69) is 25.3 Å². The SMILES string of the molecule is CC(C)C(=O)Nc1ncnc2nc(-c3c(Cl)cccc3Cl)[nH]c12. The first kappa shape index (κ1) is 15.7. The lowest BCUT2D eigenvalue weighted by atomic mass is 10.2. The minimum Gasteiger partial charge on any atom is -0.333 e. The molecular formula is C15H13Cl2N5O. The van der Waals surface area contributed by atoms with Gasteiger partial charge in [0, 0.05) is 5.92 Å². The van der Waals surface area contributed by atoms with E-state index < -0.39 is 0 Å². The fraction of sp³-hybridized carbons (Fsp3) is 0.200. The van der Waals surface area contributed by atoms with Crippen LogP contribution >= 0.6 is 23.2 Å². The summed E-state index contributed by atoms with van der Waals surface area (Å²) in [5.41, 5.74) is 1.52.